The van der Waals surface area contributed by atoms with Crippen LogP contribution in [0.3, 0.4) is 0 Å². The van der Waals surface area contributed by atoms with Gasteiger partial charge in [-0.1, -0.05) is 0 Å². The molecule has 3 aromatic heterocycles. The number of aromatic nitrogens is 6. The highest BCUT2D eigenvalue weighted by Crippen LogP contribution is 2.27. The Morgan fingerprint density at radius 3 is 1.00 bits per heavy atom. The van der Waals surface area contributed by atoms with E-state index in [1.54, 1.807) is 0 Å². The summed E-state index contributed by atoms with van der Waals surface area (Å²) in [7, 11) is 0. The van der Waals surface area contributed by atoms with E-state index in [4.69, 9.17) is 0 Å². The van der Waals surface area contributed by atoms with Gasteiger partial charge in [-0.3, -0.25) is 0 Å². The summed E-state index contributed by atoms with van der Waals surface area (Å²) in [6.45, 7) is 15.9. The Morgan fingerprint density at radius 1 is 0.385 bits per heavy atom. The van der Waals surface area contributed by atoms with E-state index in [9.17, 15) is 0 Å². The molecular formula is C20H24N6. The van der Waals surface area contributed by atoms with E-state index < -0.39 is 0 Å². The molecular weight excluding hydrogens is 324 g/mol. The Hall–Kier alpha value is -2.76. The van der Waals surface area contributed by atoms with Crippen LogP contribution < -0.4 is 0 Å². The van der Waals surface area contributed by atoms with Gasteiger partial charge in [-0.05, 0) is 66.5 Å². The van der Waals surface area contributed by atoms with Crippen molar-refractivity contribution in [3.8, 4) is 23.0 Å². The van der Waals surface area contributed by atoms with Gasteiger partial charge < -0.3 is 0 Å². The lowest BCUT2D eigenvalue weighted by molar-refractivity contribution is 0.958. The zero-order valence-electron chi connectivity index (χ0n) is 16.7. The summed E-state index contributed by atoms with van der Waals surface area (Å²) in [4.78, 5) is 27.8. The van der Waals surface area contributed by atoms with Crippen molar-refractivity contribution in [2.24, 2.45) is 0 Å². The van der Waals surface area contributed by atoms with Crippen LogP contribution in [0.25, 0.3) is 23.0 Å². The lowest BCUT2D eigenvalue weighted by atomic mass is 10.1. The molecule has 0 unspecified atom stereocenters. The van der Waals surface area contributed by atoms with Crippen LogP contribution in [-0.2, 0) is 0 Å². The Kier molecular flexibility index (Phi) is 4.52. The molecule has 0 aliphatic rings. The molecule has 0 bridgehead atoms. The molecule has 6 heteroatoms. The maximum Gasteiger partial charge on any atom is 0.179 e. The first-order valence-electron chi connectivity index (χ1n) is 8.68. The predicted octanol–water partition coefficient (Wildman–Crippen LogP) is 3.86. The largest absolute Gasteiger partial charge is 0.232 e. The Labute approximate surface area is 154 Å². The Morgan fingerprint density at radius 2 is 0.692 bits per heavy atom. The standard InChI is InChI=1S/C20H24N6/c1-9-12(4)21-19(22-13(9)5)17-11(3)18(26-16(8)25-17)20-23-14(6)10(2)15(7)24-20/h1-8H3. The zero-order chi connectivity index (χ0) is 19.2. The fourth-order valence-corrected chi connectivity index (χ4v) is 2.82. The van der Waals surface area contributed by atoms with E-state index in [0.717, 1.165) is 50.9 Å². The molecule has 0 N–H and O–H groups in total. The highest BCUT2D eigenvalue weighted by molar-refractivity contribution is 5.67. The molecule has 0 fully saturated rings. The van der Waals surface area contributed by atoms with Crippen LogP contribution in [0.15, 0.2) is 0 Å². The minimum absolute atomic E-state index is 0.621. The lowest BCUT2D eigenvalue weighted by Crippen LogP contribution is -2.07. The molecule has 0 aliphatic carbocycles. The van der Waals surface area contributed by atoms with Gasteiger partial charge >= 0.3 is 0 Å². The van der Waals surface area contributed by atoms with Crippen LogP contribution in [-0.4, -0.2) is 29.9 Å². The molecule has 3 rings (SSSR count). The van der Waals surface area contributed by atoms with Crippen molar-refractivity contribution in [3.63, 3.8) is 0 Å². The summed E-state index contributed by atoms with van der Waals surface area (Å²) in [5, 5.41) is 0. The summed E-state index contributed by atoms with van der Waals surface area (Å²) in [6, 6.07) is 0. The molecule has 134 valence electrons. The third-order valence-electron chi connectivity index (χ3n) is 4.95. The molecule has 0 radical (unpaired) electrons. The van der Waals surface area contributed by atoms with Gasteiger partial charge in [-0.2, -0.15) is 0 Å². The molecule has 0 spiro atoms. The number of hydrogen-bond acceptors (Lipinski definition) is 6. The fourth-order valence-electron chi connectivity index (χ4n) is 2.82. The van der Waals surface area contributed by atoms with E-state index in [2.05, 4.69) is 29.9 Å². The van der Waals surface area contributed by atoms with Crippen LogP contribution >= 0.6 is 0 Å². The first-order chi connectivity index (χ1) is 12.2. The van der Waals surface area contributed by atoms with Gasteiger partial charge in [0.1, 0.15) is 17.2 Å². The quantitative estimate of drug-likeness (QED) is 0.700. The van der Waals surface area contributed by atoms with Crippen LogP contribution in [0.4, 0.5) is 0 Å². The summed E-state index contributed by atoms with van der Waals surface area (Å²) in [5.74, 6) is 1.89. The maximum atomic E-state index is 4.65. The van der Waals surface area contributed by atoms with Gasteiger partial charge in [0.25, 0.3) is 0 Å². The number of aryl methyl sites for hydroxylation is 5. The van der Waals surface area contributed by atoms with Crippen molar-refractivity contribution in [2.75, 3.05) is 0 Å². The number of rotatable bonds is 2. The summed E-state index contributed by atoms with van der Waals surface area (Å²) in [6.07, 6.45) is 0. The van der Waals surface area contributed by atoms with Crippen LogP contribution in [0.5, 0.6) is 0 Å². The van der Waals surface area contributed by atoms with E-state index in [1.807, 2.05) is 55.4 Å². The van der Waals surface area contributed by atoms with Gasteiger partial charge in [-0.15, -0.1) is 0 Å². The SMILES string of the molecule is Cc1nc(-c2nc(C)c(C)c(C)n2)c(C)c(-c2nc(C)c(C)c(C)n2)n1. The average Bonchev–Trinajstić information content (AvgIpc) is 2.58. The minimum atomic E-state index is 0.621. The normalized spacial score (nSPS) is 11.1. The second kappa shape index (κ2) is 6.52. The van der Waals surface area contributed by atoms with E-state index in [-0.39, 0.29) is 0 Å². The van der Waals surface area contributed by atoms with Crippen molar-refractivity contribution in [3.05, 3.63) is 45.3 Å². The van der Waals surface area contributed by atoms with Crippen molar-refractivity contribution >= 4 is 0 Å². The van der Waals surface area contributed by atoms with Gasteiger partial charge in [0, 0.05) is 28.3 Å². The van der Waals surface area contributed by atoms with Crippen molar-refractivity contribution in [2.45, 2.75) is 55.4 Å². The second-order valence-corrected chi connectivity index (χ2v) is 6.78. The molecule has 0 aliphatic heterocycles. The first-order valence-corrected chi connectivity index (χ1v) is 8.68. The maximum absolute atomic E-state index is 4.65. The average molecular weight is 348 g/mol. The van der Waals surface area contributed by atoms with Crippen LogP contribution in [0, 0.1) is 55.4 Å². The predicted molar refractivity (Wildman–Crippen MR) is 102 cm³/mol. The highest BCUT2D eigenvalue weighted by Gasteiger charge is 2.19. The fraction of sp³-hybridized carbons (Fsp3) is 0.400. The molecule has 0 aromatic carbocycles. The van der Waals surface area contributed by atoms with Crippen molar-refractivity contribution < 1.29 is 0 Å². The molecule has 6 nitrogen and oxygen atoms in total. The third kappa shape index (κ3) is 3.07. The molecule has 0 amide bonds. The highest BCUT2D eigenvalue weighted by atomic mass is 15.0. The van der Waals surface area contributed by atoms with E-state index >= 15 is 0 Å². The van der Waals surface area contributed by atoms with E-state index in [0.29, 0.717) is 17.5 Å². The number of hydrogen-bond donors (Lipinski definition) is 0. The zero-order valence-corrected chi connectivity index (χ0v) is 16.7. The minimum Gasteiger partial charge on any atom is -0.232 e. The van der Waals surface area contributed by atoms with Crippen LogP contribution in [0.2, 0.25) is 0 Å². The Bertz CT molecular complexity index is 898. The van der Waals surface area contributed by atoms with Gasteiger partial charge in [0.2, 0.25) is 0 Å². The second-order valence-electron chi connectivity index (χ2n) is 6.78. The summed E-state index contributed by atoms with van der Waals surface area (Å²) in [5.41, 5.74) is 8.41. The monoisotopic (exact) mass is 348 g/mol. The van der Waals surface area contributed by atoms with Gasteiger partial charge in [-0.25, -0.2) is 29.9 Å². The van der Waals surface area contributed by atoms with Crippen molar-refractivity contribution in [1.29, 1.82) is 0 Å². The number of nitrogens with zero attached hydrogens (tertiary/aromatic N) is 6. The third-order valence-corrected chi connectivity index (χ3v) is 4.95. The molecule has 0 atom stereocenters. The summed E-state index contributed by atoms with van der Waals surface area (Å²) < 4.78 is 0. The first kappa shape index (κ1) is 18.0. The van der Waals surface area contributed by atoms with Gasteiger partial charge in [0.05, 0.1) is 0 Å². The summed E-state index contributed by atoms with van der Waals surface area (Å²) >= 11 is 0. The molecule has 0 saturated heterocycles. The molecule has 3 heterocycles. The molecule has 26 heavy (non-hydrogen) atoms. The topological polar surface area (TPSA) is 77.3 Å². The Balaban J connectivity index is 2.26. The lowest BCUT2D eigenvalue weighted by Gasteiger charge is -2.13. The van der Waals surface area contributed by atoms with E-state index in [1.165, 1.54) is 0 Å². The van der Waals surface area contributed by atoms with Gasteiger partial charge in [0.15, 0.2) is 11.6 Å². The molecule has 0 saturated carbocycles. The van der Waals surface area contributed by atoms with Crippen molar-refractivity contribution in [1.82, 2.24) is 29.9 Å². The van der Waals surface area contributed by atoms with Crippen LogP contribution in [0.1, 0.15) is 45.3 Å². The molecule has 3 aromatic rings. The smallest absolute Gasteiger partial charge is 0.179 e.